The molecule has 3 heteroatoms. The quantitative estimate of drug-likeness (QED) is 0.853. The van der Waals surface area contributed by atoms with Crippen LogP contribution in [0.4, 0.5) is 0 Å². The molecule has 1 aromatic carbocycles. The second kappa shape index (κ2) is 4.66. The summed E-state index contributed by atoms with van der Waals surface area (Å²) < 4.78 is 2.09. The zero-order chi connectivity index (χ0) is 11.5. The number of rotatable bonds is 4. The molecule has 0 fully saturated rings. The first-order chi connectivity index (χ1) is 7.68. The standard InChI is InChI=1S/C13H19N3/c1-10(2)14-8-11(3)16-13-7-5-4-6-12(13)9-15-16/h4-7,9-11,14H,8H2,1-3H3. The topological polar surface area (TPSA) is 29.9 Å². The van der Waals surface area contributed by atoms with E-state index in [-0.39, 0.29) is 0 Å². The summed E-state index contributed by atoms with van der Waals surface area (Å²) in [6, 6.07) is 9.22. The van der Waals surface area contributed by atoms with Crippen LogP contribution < -0.4 is 5.32 Å². The van der Waals surface area contributed by atoms with Crippen LogP contribution in [0.1, 0.15) is 26.8 Å². The van der Waals surface area contributed by atoms with Crippen LogP contribution in [0.25, 0.3) is 10.9 Å². The highest BCUT2D eigenvalue weighted by Gasteiger charge is 2.09. The summed E-state index contributed by atoms with van der Waals surface area (Å²) in [5.41, 5.74) is 1.21. The highest BCUT2D eigenvalue weighted by atomic mass is 15.3. The molecule has 0 amide bonds. The number of benzene rings is 1. The number of nitrogens with one attached hydrogen (secondary N) is 1. The fraction of sp³-hybridized carbons (Fsp3) is 0.462. The van der Waals surface area contributed by atoms with Gasteiger partial charge in [0.15, 0.2) is 0 Å². The molecule has 0 aliphatic heterocycles. The van der Waals surface area contributed by atoms with Crippen molar-refractivity contribution < 1.29 is 0 Å². The van der Waals surface area contributed by atoms with Gasteiger partial charge in [-0.2, -0.15) is 5.10 Å². The van der Waals surface area contributed by atoms with Crippen LogP contribution >= 0.6 is 0 Å². The van der Waals surface area contributed by atoms with Gasteiger partial charge in [-0.05, 0) is 13.0 Å². The smallest absolute Gasteiger partial charge is 0.0686 e. The van der Waals surface area contributed by atoms with Crippen molar-refractivity contribution in [3.63, 3.8) is 0 Å². The van der Waals surface area contributed by atoms with Gasteiger partial charge in [-0.3, -0.25) is 4.68 Å². The van der Waals surface area contributed by atoms with Crippen LogP contribution in [-0.4, -0.2) is 22.4 Å². The zero-order valence-electron chi connectivity index (χ0n) is 10.1. The number of para-hydroxylation sites is 1. The average Bonchev–Trinajstić information content (AvgIpc) is 2.69. The SMILES string of the molecule is CC(C)NCC(C)n1ncc2ccccc21. The first-order valence-electron chi connectivity index (χ1n) is 5.84. The third-order valence-electron chi connectivity index (χ3n) is 2.74. The minimum atomic E-state index is 0.377. The van der Waals surface area contributed by atoms with Crippen molar-refractivity contribution in [3.8, 4) is 0 Å². The summed E-state index contributed by atoms with van der Waals surface area (Å²) in [5.74, 6) is 0. The first kappa shape index (κ1) is 11.1. The Kier molecular flexibility index (Phi) is 3.25. The average molecular weight is 217 g/mol. The van der Waals surface area contributed by atoms with Crippen molar-refractivity contribution in [3.05, 3.63) is 30.5 Å². The molecule has 0 aliphatic rings. The van der Waals surface area contributed by atoms with E-state index in [1.165, 1.54) is 10.9 Å². The molecule has 2 rings (SSSR count). The summed E-state index contributed by atoms with van der Waals surface area (Å²) in [4.78, 5) is 0. The molecule has 2 aromatic rings. The third-order valence-corrected chi connectivity index (χ3v) is 2.74. The maximum Gasteiger partial charge on any atom is 0.0686 e. The Morgan fingerprint density at radius 2 is 2.00 bits per heavy atom. The molecule has 0 radical (unpaired) electrons. The number of aromatic nitrogens is 2. The summed E-state index contributed by atoms with van der Waals surface area (Å²) in [6.45, 7) is 7.46. The molecule has 1 N–H and O–H groups in total. The van der Waals surface area contributed by atoms with Gasteiger partial charge in [0.05, 0.1) is 17.8 Å². The van der Waals surface area contributed by atoms with Crippen LogP contribution in [0, 0.1) is 0 Å². The van der Waals surface area contributed by atoms with Crippen molar-refractivity contribution in [2.75, 3.05) is 6.54 Å². The molecule has 0 saturated carbocycles. The van der Waals surface area contributed by atoms with Gasteiger partial charge in [0.1, 0.15) is 0 Å². The predicted octanol–water partition coefficient (Wildman–Crippen LogP) is 2.60. The fourth-order valence-corrected chi connectivity index (χ4v) is 1.84. The summed E-state index contributed by atoms with van der Waals surface area (Å²) >= 11 is 0. The minimum Gasteiger partial charge on any atom is -0.312 e. The van der Waals surface area contributed by atoms with Crippen LogP contribution in [0.5, 0.6) is 0 Å². The van der Waals surface area contributed by atoms with E-state index >= 15 is 0 Å². The molecule has 3 nitrogen and oxygen atoms in total. The lowest BCUT2D eigenvalue weighted by molar-refractivity contribution is 0.443. The molecule has 1 atom stereocenters. The van der Waals surface area contributed by atoms with Crippen LogP contribution in [0.2, 0.25) is 0 Å². The van der Waals surface area contributed by atoms with Gasteiger partial charge in [0.25, 0.3) is 0 Å². The lowest BCUT2D eigenvalue weighted by Gasteiger charge is -2.16. The number of nitrogens with zero attached hydrogens (tertiary/aromatic N) is 2. The second-order valence-electron chi connectivity index (χ2n) is 4.56. The summed E-state index contributed by atoms with van der Waals surface area (Å²) in [6.07, 6.45) is 1.93. The summed E-state index contributed by atoms with van der Waals surface area (Å²) in [7, 11) is 0. The minimum absolute atomic E-state index is 0.377. The molecule has 1 unspecified atom stereocenters. The fourth-order valence-electron chi connectivity index (χ4n) is 1.84. The highest BCUT2D eigenvalue weighted by molar-refractivity contribution is 5.78. The van der Waals surface area contributed by atoms with Gasteiger partial charge in [0.2, 0.25) is 0 Å². The van der Waals surface area contributed by atoms with E-state index < -0.39 is 0 Å². The second-order valence-corrected chi connectivity index (χ2v) is 4.56. The Labute approximate surface area is 96.5 Å². The van der Waals surface area contributed by atoms with Gasteiger partial charge in [0, 0.05) is 18.0 Å². The van der Waals surface area contributed by atoms with Gasteiger partial charge < -0.3 is 5.32 Å². The van der Waals surface area contributed by atoms with Crippen LogP contribution in [0.3, 0.4) is 0 Å². The highest BCUT2D eigenvalue weighted by Crippen LogP contribution is 2.16. The van der Waals surface area contributed by atoms with Crippen molar-refractivity contribution in [1.82, 2.24) is 15.1 Å². The lowest BCUT2D eigenvalue weighted by Crippen LogP contribution is -2.29. The van der Waals surface area contributed by atoms with Crippen molar-refractivity contribution >= 4 is 10.9 Å². The zero-order valence-corrected chi connectivity index (χ0v) is 10.1. The lowest BCUT2D eigenvalue weighted by atomic mass is 10.2. The molecule has 86 valence electrons. The number of hydrogen-bond acceptors (Lipinski definition) is 2. The molecule has 0 bridgehead atoms. The van der Waals surface area contributed by atoms with E-state index in [0.717, 1.165) is 6.54 Å². The van der Waals surface area contributed by atoms with Gasteiger partial charge in [-0.15, -0.1) is 0 Å². The molecular formula is C13H19N3. The normalized spacial score (nSPS) is 13.5. The maximum absolute atomic E-state index is 4.45. The third kappa shape index (κ3) is 2.25. The Morgan fingerprint density at radius 3 is 2.75 bits per heavy atom. The predicted molar refractivity (Wildman–Crippen MR) is 67.6 cm³/mol. The van der Waals surface area contributed by atoms with Crippen molar-refractivity contribution in [2.24, 2.45) is 0 Å². The Morgan fingerprint density at radius 1 is 1.25 bits per heavy atom. The Hall–Kier alpha value is -1.35. The van der Waals surface area contributed by atoms with Crippen molar-refractivity contribution in [1.29, 1.82) is 0 Å². The largest absolute Gasteiger partial charge is 0.312 e. The van der Waals surface area contributed by atoms with Gasteiger partial charge in [-0.25, -0.2) is 0 Å². The number of fused-ring (bicyclic) bond motifs is 1. The van der Waals surface area contributed by atoms with E-state index in [4.69, 9.17) is 0 Å². The van der Waals surface area contributed by atoms with E-state index in [2.05, 4.69) is 54.1 Å². The molecule has 0 saturated heterocycles. The molecule has 0 spiro atoms. The Balaban J connectivity index is 2.19. The van der Waals surface area contributed by atoms with E-state index in [1.807, 2.05) is 12.3 Å². The van der Waals surface area contributed by atoms with Gasteiger partial charge >= 0.3 is 0 Å². The van der Waals surface area contributed by atoms with E-state index in [9.17, 15) is 0 Å². The van der Waals surface area contributed by atoms with Crippen LogP contribution in [-0.2, 0) is 0 Å². The maximum atomic E-state index is 4.45. The molecular weight excluding hydrogens is 198 g/mol. The van der Waals surface area contributed by atoms with Crippen molar-refractivity contribution in [2.45, 2.75) is 32.9 Å². The van der Waals surface area contributed by atoms with Gasteiger partial charge in [-0.1, -0.05) is 32.0 Å². The molecule has 1 heterocycles. The van der Waals surface area contributed by atoms with E-state index in [1.54, 1.807) is 0 Å². The molecule has 1 aromatic heterocycles. The molecule has 0 aliphatic carbocycles. The number of hydrogen-bond donors (Lipinski definition) is 1. The van der Waals surface area contributed by atoms with Crippen LogP contribution in [0.15, 0.2) is 30.5 Å². The monoisotopic (exact) mass is 217 g/mol. The summed E-state index contributed by atoms with van der Waals surface area (Å²) in [5, 5.41) is 9.09. The Bertz CT molecular complexity index is 459. The van der Waals surface area contributed by atoms with E-state index in [0.29, 0.717) is 12.1 Å². The molecule has 16 heavy (non-hydrogen) atoms. The first-order valence-corrected chi connectivity index (χ1v) is 5.84.